The summed E-state index contributed by atoms with van der Waals surface area (Å²) >= 11 is 0. The molecule has 0 aliphatic rings. The van der Waals surface area contributed by atoms with E-state index in [9.17, 15) is 0 Å². The third-order valence-electron chi connectivity index (χ3n) is 2.19. The van der Waals surface area contributed by atoms with Crippen LogP contribution in [-0.2, 0) is 4.74 Å². The van der Waals surface area contributed by atoms with Crippen molar-refractivity contribution in [3.05, 3.63) is 0 Å². The van der Waals surface area contributed by atoms with E-state index in [1.54, 1.807) is 0 Å². The monoisotopic (exact) mass is 216 g/mol. The molecular weight excluding hydrogens is 188 g/mol. The van der Waals surface area contributed by atoms with Crippen molar-refractivity contribution in [3.63, 3.8) is 0 Å². The number of rotatable bonds is 9. The lowest BCUT2D eigenvalue weighted by Crippen LogP contribution is -2.38. The van der Waals surface area contributed by atoms with E-state index in [0.717, 1.165) is 39.3 Å². The summed E-state index contributed by atoms with van der Waals surface area (Å²) in [5.74, 6) is 0. The summed E-state index contributed by atoms with van der Waals surface area (Å²) in [4.78, 5) is 2.24. The minimum absolute atomic E-state index is 0.342. The first-order valence-corrected chi connectivity index (χ1v) is 5.91. The van der Waals surface area contributed by atoms with Crippen LogP contribution in [0.15, 0.2) is 0 Å². The predicted molar refractivity (Wildman–Crippen MR) is 66.3 cm³/mol. The van der Waals surface area contributed by atoms with Crippen LogP contribution in [0.1, 0.15) is 27.2 Å². The van der Waals surface area contributed by atoms with Crippen LogP contribution < -0.4 is 5.32 Å². The van der Waals surface area contributed by atoms with Gasteiger partial charge in [-0.05, 0) is 39.4 Å². The topological polar surface area (TPSA) is 24.5 Å². The molecule has 0 unspecified atom stereocenters. The highest BCUT2D eigenvalue weighted by molar-refractivity contribution is 4.73. The van der Waals surface area contributed by atoms with Crippen molar-refractivity contribution in [2.75, 3.05) is 46.9 Å². The SMILES string of the molecule is CCOCCCNCC(C)(C)CN(C)C. The summed E-state index contributed by atoms with van der Waals surface area (Å²) in [6.07, 6.45) is 1.10. The zero-order valence-corrected chi connectivity index (χ0v) is 11.1. The maximum Gasteiger partial charge on any atom is 0.0477 e. The summed E-state index contributed by atoms with van der Waals surface area (Å²) in [6.45, 7) is 11.6. The molecule has 0 amide bonds. The lowest BCUT2D eigenvalue weighted by atomic mass is 9.93. The Morgan fingerprint density at radius 3 is 2.47 bits per heavy atom. The first-order chi connectivity index (χ1) is 6.98. The van der Waals surface area contributed by atoms with Gasteiger partial charge >= 0.3 is 0 Å². The van der Waals surface area contributed by atoms with Crippen LogP contribution in [0.25, 0.3) is 0 Å². The predicted octanol–water partition coefficient (Wildman–Crippen LogP) is 1.59. The third kappa shape index (κ3) is 10.2. The van der Waals surface area contributed by atoms with Crippen molar-refractivity contribution >= 4 is 0 Å². The van der Waals surface area contributed by atoms with E-state index in [4.69, 9.17) is 4.74 Å². The minimum Gasteiger partial charge on any atom is -0.382 e. The van der Waals surface area contributed by atoms with E-state index < -0.39 is 0 Å². The Morgan fingerprint density at radius 1 is 1.27 bits per heavy atom. The molecule has 0 fully saturated rings. The second-order valence-electron chi connectivity index (χ2n) is 5.13. The second-order valence-corrected chi connectivity index (χ2v) is 5.13. The van der Waals surface area contributed by atoms with Crippen molar-refractivity contribution in [2.45, 2.75) is 27.2 Å². The van der Waals surface area contributed by atoms with Gasteiger partial charge in [0, 0.05) is 26.3 Å². The highest BCUT2D eigenvalue weighted by atomic mass is 16.5. The Bertz CT molecular complexity index is 147. The number of hydrogen-bond donors (Lipinski definition) is 1. The van der Waals surface area contributed by atoms with Gasteiger partial charge in [0.15, 0.2) is 0 Å². The van der Waals surface area contributed by atoms with Crippen molar-refractivity contribution in [3.8, 4) is 0 Å². The minimum atomic E-state index is 0.342. The van der Waals surface area contributed by atoms with Gasteiger partial charge in [-0.15, -0.1) is 0 Å². The molecule has 0 aliphatic heterocycles. The van der Waals surface area contributed by atoms with Gasteiger partial charge in [-0.3, -0.25) is 0 Å². The number of hydrogen-bond acceptors (Lipinski definition) is 3. The quantitative estimate of drug-likeness (QED) is 0.592. The average molecular weight is 216 g/mol. The molecule has 0 heterocycles. The van der Waals surface area contributed by atoms with Gasteiger partial charge in [-0.1, -0.05) is 13.8 Å². The van der Waals surface area contributed by atoms with Gasteiger partial charge in [0.05, 0.1) is 0 Å². The molecule has 0 aromatic rings. The van der Waals surface area contributed by atoms with Gasteiger partial charge in [-0.2, -0.15) is 0 Å². The molecule has 0 aliphatic carbocycles. The normalized spacial score (nSPS) is 12.4. The van der Waals surface area contributed by atoms with Gasteiger partial charge < -0.3 is 15.0 Å². The lowest BCUT2D eigenvalue weighted by Gasteiger charge is -2.28. The van der Waals surface area contributed by atoms with Crippen molar-refractivity contribution in [1.29, 1.82) is 0 Å². The van der Waals surface area contributed by atoms with Crippen LogP contribution in [0, 0.1) is 5.41 Å². The molecule has 0 aromatic heterocycles. The fourth-order valence-electron chi connectivity index (χ4n) is 1.78. The molecule has 92 valence electrons. The molecule has 0 saturated carbocycles. The smallest absolute Gasteiger partial charge is 0.0477 e. The van der Waals surface area contributed by atoms with Crippen LogP contribution >= 0.6 is 0 Å². The highest BCUT2D eigenvalue weighted by Gasteiger charge is 2.17. The van der Waals surface area contributed by atoms with Crippen LogP contribution in [0.4, 0.5) is 0 Å². The van der Waals surface area contributed by atoms with E-state index in [0.29, 0.717) is 5.41 Å². The Morgan fingerprint density at radius 2 is 1.93 bits per heavy atom. The van der Waals surface area contributed by atoms with Crippen LogP contribution in [0.2, 0.25) is 0 Å². The van der Waals surface area contributed by atoms with Gasteiger partial charge in [0.2, 0.25) is 0 Å². The third-order valence-corrected chi connectivity index (χ3v) is 2.19. The molecule has 3 nitrogen and oxygen atoms in total. The molecule has 0 atom stereocenters. The first kappa shape index (κ1) is 14.9. The fourth-order valence-corrected chi connectivity index (χ4v) is 1.78. The molecule has 0 saturated heterocycles. The summed E-state index contributed by atoms with van der Waals surface area (Å²) < 4.78 is 5.28. The molecule has 1 N–H and O–H groups in total. The second kappa shape index (κ2) is 8.08. The Labute approximate surface area is 95.2 Å². The zero-order chi connectivity index (χ0) is 11.7. The summed E-state index contributed by atoms with van der Waals surface area (Å²) in [5.41, 5.74) is 0.342. The Hall–Kier alpha value is -0.120. The standard InChI is InChI=1S/C12H28N2O/c1-6-15-9-7-8-13-10-12(2,3)11-14(4)5/h13H,6-11H2,1-5H3. The number of nitrogens with one attached hydrogen (secondary N) is 1. The molecule has 0 rings (SSSR count). The lowest BCUT2D eigenvalue weighted by molar-refractivity contribution is 0.143. The van der Waals surface area contributed by atoms with Gasteiger partial charge in [-0.25, -0.2) is 0 Å². The maximum absolute atomic E-state index is 5.28. The molecule has 0 radical (unpaired) electrons. The van der Waals surface area contributed by atoms with E-state index in [1.165, 1.54) is 0 Å². The van der Waals surface area contributed by atoms with Crippen LogP contribution in [0.3, 0.4) is 0 Å². The van der Waals surface area contributed by atoms with E-state index in [2.05, 4.69) is 38.2 Å². The van der Waals surface area contributed by atoms with Crippen molar-refractivity contribution < 1.29 is 4.74 Å². The van der Waals surface area contributed by atoms with E-state index in [-0.39, 0.29) is 0 Å². The van der Waals surface area contributed by atoms with Crippen molar-refractivity contribution in [2.24, 2.45) is 5.41 Å². The Kier molecular flexibility index (Phi) is 8.02. The van der Waals surface area contributed by atoms with E-state index in [1.807, 2.05) is 6.92 Å². The maximum atomic E-state index is 5.28. The summed E-state index contributed by atoms with van der Waals surface area (Å²) in [7, 11) is 4.24. The molecule has 15 heavy (non-hydrogen) atoms. The van der Waals surface area contributed by atoms with E-state index >= 15 is 0 Å². The highest BCUT2D eigenvalue weighted by Crippen LogP contribution is 2.13. The Balaban J connectivity index is 3.40. The van der Waals surface area contributed by atoms with Gasteiger partial charge in [0.1, 0.15) is 0 Å². The first-order valence-electron chi connectivity index (χ1n) is 5.91. The van der Waals surface area contributed by atoms with Crippen LogP contribution in [-0.4, -0.2) is 51.8 Å². The number of nitrogens with zero attached hydrogens (tertiary/aromatic N) is 1. The molecule has 3 heteroatoms. The van der Waals surface area contributed by atoms with Crippen molar-refractivity contribution in [1.82, 2.24) is 10.2 Å². The van der Waals surface area contributed by atoms with Gasteiger partial charge in [0.25, 0.3) is 0 Å². The number of ether oxygens (including phenoxy) is 1. The largest absolute Gasteiger partial charge is 0.382 e. The summed E-state index contributed by atoms with van der Waals surface area (Å²) in [6, 6.07) is 0. The summed E-state index contributed by atoms with van der Waals surface area (Å²) in [5, 5.41) is 3.48. The molecular formula is C12H28N2O. The van der Waals surface area contributed by atoms with Crippen LogP contribution in [0.5, 0.6) is 0 Å². The molecule has 0 aromatic carbocycles. The molecule has 0 bridgehead atoms. The fraction of sp³-hybridized carbons (Fsp3) is 1.00. The molecule has 0 spiro atoms. The average Bonchev–Trinajstić information content (AvgIpc) is 2.08. The zero-order valence-electron chi connectivity index (χ0n) is 11.1.